The third kappa shape index (κ3) is 3.93. The molecule has 2 N–H and O–H groups in total. The van der Waals surface area contributed by atoms with Gasteiger partial charge in [0.25, 0.3) is 10.0 Å². The number of urea groups is 1. The van der Waals surface area contributed by atoms with Crippen LogP contribution in [0.1, 0.15) is 11.3 Å². The quantitative estimate of drug-likeness (QED) is 0.844. The van der Waals surface area contributed by atoms with Crippen LogP contribution in [0.4, 0.5) is 10.7 Å². The molecule has 11 heteroatoms. The van der Waals surface area contributed by atoms with Crippen LogP contribution in [0.3, 0.4) is 0 Å². The van der Waals surface area contributed by atoms with Crippen LogP contribution < -0.4 is 14.8 Å². The van der Waals surface area contributed by atoms with E-state index in [4.69, 9.17) is 10.00 Å². The minimum absolute atomic E-state index is 0.0382. The van der Waals surface area contributed by atoms with Gasteiger partial charge in [-0.25, -0.2) is 22.9 Å². The van der Waals surface area contributed by atoms with Gasteiger partial charge in [-0.1, -0.05) is 0 Å². The fourth-order valence-electron chi connectivity index (χ4n) is 1.58. The molecule has 2 amide bonds. The summed E-state index contributed by atoms with van der Waals surface area (Å²) in [4.78, 5) is 19.4. The second kappa shape index (κ2) is 6.59. The maximum Gasteiger partial charge on any atom is 0.335 e. The number of aromatic nitrogens is 2. The van der Waals surface area contributed by atoms with E-state index in [0.29, 0.717) is 5.69 Å². The Bertz CT molecular complexity index is 885. The van der Waals surface area contributed by atoms with Crippen molar-refractivity contribution in [1.29, 1.82) is 5.26 Å². The average molecular weight is 353 g/mol. The summed E-state index contributed by atoms with van der Waals surface area (Å²) < 4.78 is 30.9. The predicted octanol–water partition coefficient (Wildman–Crippen LogP) is 1.24. The van der Waals surface area contributed by atoms with Crippen molar-refractivity contribution in [1.82, 2.24) is 14.7 Å². The van der Waals surface area contributed by atoms with Crippen molar-refractivity contribution in [3.05, 3.63) is 28.1 Å². The number of carbonyl (C=O) groups is 1. The second-order valence-electron chi connectivity index (χ2n) is 4.20. The van der Waals surface area contributed by atoms with Crippen molar-refractivity contribution in [2.24, 2.45) is 0 Å². The number of nitrogens with one attached hydrogen (secondary N) is 2. The van der Waals surface area contributed by atoms with Crippen molar-refractivity contribution in [3.8, 4) is 11.9 Å². The monoisotopic (exact) mass is 353 g/mol. The lowest BCUT2D eigenvalue weighted by Gasteiger charge is -2.08. The lowest BCUT2D eigenvalue weighted by molar-refractivity contribution is 0.256. The molecule has 9 nitrogen and oxygen atoms in total. The number of thiophene rings is 1. The molecule has 0 radical (unpaired) electrons. The van der Waals surface area contributed by atoms with Crippen LogP contribution in [0.15, 0.2) is 21.7 Å². The number of rotatable bonds is 4. The van der Waals surface area contributed by atoms with E-state index in [0.717, 1.165) is 11.3 Å². The molecule has 0 unspecified atom stereocenters. The smallest absolute Gasteiger partial charge is 0.335 e. The fourth-order valence-corrected chi connectivity index (χ4v) is 3.76. The zero-order chi connectivity index (χ0) is 17.0. The van der Waals surface area contributed by atoms with Gasteiger partial charge in [-0.2, -0.15) is 10.2 Å². The molecule has 0 saturated carbocycles. The molecule has 0 saturated heterocycles. The summed E-state index contributed by atoms with van der Waals surface area (Å²) in [6.07, 6.45) is 0. The predicted molar refractivity (Wildman–Crippen MR) is 81.7 cm³/mol. The van der Waals surface area contributed by atoms with Gasteiger partial charge in [-0.05, 0) is 6.92 Å². The van der Waals surface area contributed by atoms with Crippen LogP contribution in [0, 0.1) is 18.3 Å². The summed E-state index contributed by atoms with van der Waals surface area (Å²) in [5.74, 6) is 0.112. The van der Waals surface area contributed by atoms with Crippen LogP contribution in [0.5, 0.6) is 5.88 Å². The molecule has 2 rings (SSSR count). The summed E-state index contributed by atoms with van der Waals surface area (Å²) in [6.45, 7) is 1.66. The Morgan fingerprint density at radius 3 is 2.78 bits per heavy atom. The number of anilines is 1. The molecule has 0 aromatic carbocycles. The third-order valence-electron chi connectivity index (χ3n) is 2.53. The Labute approximate surface area is 136 Å². The molecule has 0 atom stereocenters. The van der Waals surface area contributed by atoms with E-state index < -0.39 is 16.1 Å². The number of nitriles is 1. The first-order valence-corrected chi connectivity index (χ1v) is 8.48. The third-order valence-corrected chi connectivity index (χ3v) is 4.79. The topological polar surface area (TPSA) is 134 Å². The molecule has 0 bridgehead atoms. The summed E-state index contributed by atoms with van der Waals surface area (Å²) in [5.41, 5.74) is 0.489. The molecule has 0 aliphatic rings. The van der Waals surface area contributed by atoms with E-state index >= 15 is 0 Å². The molecule has 120 valence electrons. The number of ether oxygens (including phenoxy) is 1. The number of aryl methyl sites for hydroxylation is 1. The highest BCUT2D eigenvalue weighted by molar-refractivity contribution is 7.90. The number of hydrogen-bond acceptors (Lipinski definition) is 8. The maximum absolute atomic E-state index is 12.1. The molecule has 0 aliphatic heterocycles. The maximum atomic E-state index is 12.1. The Balaban J connectivity index is 2.17. The first-order valence-electron chi connectivity index (χ1n) is 6.05. The first-order chi connectivity index (χ1) is 10.9. The normalized spacial score (nSPS) is 10.7. The van der Waals surface area contributed by atoms with Gasteiger partial charge in [0.1, 0.15) is 11.0 Å². The fraction of sp³-hybridized carbons (Fsp3) is 0.167. The summed E-state index contributed by atoms with van der Waals surface area (Å²) in [6, 6.07) is 2.24. The van der Waals surface area contributed by atoms with Crippen LogP contribution in [-0.2, 0) is 10.0 Å². The van der Waals surface area contributed by atoms with Crippen LogP contribution in [0.2, 0.25) is 0 Å². The summed E-state index contributed by atoms with van der Waals surface area (Å²) in [7, 11) is -2.77. The van der Waals surface area contributed by atoms with E-state index in [9.17, 15) is 13.2 Å². The zero-order valence-electron chi connectivity index (χ0n) is 12.0. The van der Waals surface area contributed by atoms with E-state index in [-0.39, 0.29) is 22.3 Å². The van der Waals surface area contributed by atoms with Crippen molar-refractivity contribution >= 4 is 33.3 Å². The average Bonchev–Trinajstić information content (AvgIpc) is 2.95. The highest BCUT2D eigenvalue weighted by Gasteiger charge is 2.22. The Kier molecular flexibility index (Phi) is 4.77. The summed E-state index contributed by atoms with van der Waals surface area (Å²) >= 11 is 1.04. The number of sulfonamides is 1. The molecule has 23 heavy (non-hydrogen) atoms. The lowest BCUT2D eigenvalue weighted by Crippen LogP contribution is -2.35. The van der Waals surface area contributed by atoms with Crippen LogP contribution >= 0.6 is 11.3 Å². The number of amides is 2. The molecular weight excluding hydrogens is 342 g/mol. The number of nitrogens with zero attached hydrogens (tertiary/aromatic N) is 3. The largest absolute Gasteiger partial charge is 0.481 e. The van der Waals surface area contributed by atoms with Crippen molar-refractivity contribution in [2.45, 2.75) is 11.8 Å². The van der Waals surface area contributed by atoms with E-state index in [1.54, 1.807) is 23.8 Å². The molecule has 2 aromatic heterocycles. The van der Waals surface area contributed by atoms with Gasteiger partial charge < -0.3 is 4.74 Å². The standard InChI is InChI=1S/C12H11N5O4S2/c1-7-3-10(21-2)15-11(14-7)16-12(18)17-23(19,20)9-6-22-5-8(9)4-13/h3,5-6H,1-2H3,(H2,14,15,16,17,18). The second-order valence-corrected chi connectivity index (χ2v) is 6.59. The number of hydrogen-bond donors (Lipinski definition) is 2. The zero-order valence-corrected chi connectivity index (χ0v) is 13.7. The minimum atomic E-state index is -4.17. The van der Waals surface area contributed by atoms with E-state index in [1.807, 2.05) is 0 Å². The summed E-state index contributed by atoms with van der Waals surface area (Å²) in [5, 5.41) is 13.7. The Hall–Kier alpha value is -2.71. The molecular formula is C12H11N5O4S2. The molecule has 2 aromatic rings. The van der Waals surface area contributed by atoms with E-state index in [1.165, 1.54) is 17.9 Å². The minimum Gasteiger partial charge on any atom is -0.481 e. The molecule has 0 spiro atoms. The molecule has 2 heterocycles. The van der Waals surface area contributed by atoms with Crippen molar-refractivity contribution < 1.29 is 17.9 Å². The number of methoxy groups -OCH3 is 1. The van der Waals surface area contributed by atoms with Gasteiger partial charge in [-0.15, -0.1) is 11.3 Å². The first kappa shape index (κ1) is 16.7. The van der Waals surface area contributed by atoms with Gasteiger partial charge in [0.2, 0.25) is 11.8 Å². The van der Waals surface area contributed by atoms with Crippen LogP contribution in [0.25, 0.3) is 0 Å². The lowest BCUT2D eigenvalue weighted by atomic mass is 10.4. The van der Waals surface area contributed by atoms with Gasteiger partial charge in [0.05, 0.1) is 12.7 Å². The highest BCUT2D eigenvalue weighted by Crippen LogP contribution is 2.19. The SMILES string of the molecule is COc1cc(C)nc(NC(=O)NS(=O)(=O)c2cscc2C#N)n1. The van der Waals surface area contributed by atoms with Crippen molar-refractivity contribution in [3.63, 3.8) is 0 Å². The molecule has 0 aliphatic carbocycles. The van der Waals surface area contributed by atoms with Gasteiger partial charge in [0, 0.05) is 22.5 Å². The van der Waals surface area contributed by atoms with Gasteiger partial charge in [0.15, 0.2) is 0 Å². The van der Waals surface area contributed by atoms with E-state index in [2.05, 4.69) is 15.3 Å². The van der Waals surface area contributed by atoms with Crippen molar-refractivity contribution in [2.75, 3.05) is 12.4 Å². The van der Waals surface area contributed by atoms with Gasteiger partial charge >= 0.3 is 6.03 Å². The highest BCUT2D eigenvalue weighted by atomic mass is 32.2. The van der Waals surface area contributed by atoms with Gasteiger partial charge in [-0.3, -0.25) is 5.32 Å². The molecule has 0 fully saturated rings. The Morgan fingerprint density at radius 1 is 1.39 bits per heavy atom. The number of carbonyl (C=O) groups excluding carboxylic acids is 1. The Morgan fingerprint density at radius 2 is 2.13 bits per heavy atom. The van der Waals surface area contributed by atoms with Crippen LogP contribution in [-0.4, -0.2) is 31.5 Å².